The summed E-state index contributed by atoms with van der Waals surface area (Å²) in [6, 6.07) is 0. The molecule has 0 atom stereocenters. The highest BCUT2D eigenvalue weighted by molar-refractivity contribution is 5.00. The number of H-pyrrole nitrogens is 1. The van der Waals surface area contributed by atoms with Gasteiger partial charge in [-0.3, -0.25) is 0 Å². The Hall–Kier alpha value is -0.870. The lowest BCUT2D eigenvalue weighted by Crippen LogP contribution is -2.12. The number of aromatic amines is 1. The van der Waals surface area contributed by atoms with Gasteiger partial charge in [-0.1, -0.05) is 0 Å². The first-order valence-corrected chi connectivity index (χ1v) is 4.04. The van der Waals surface area contributed by atoms with Gasteiger partial charge in [0.2, 0.25) is 0 Å². The molecule has 12 heavy (non-hydrogen) atoms. The van der Waals surface area contributed by atoms with E-state index in [1.54, 1.807) is 0 Å². The average Bonchev–Trinajstić information content (AvgIpc) is 2.36. The maximum absolute atomic E-state index is 4.24. The summed E-state index contributed by atoms with van der Waals surface area (Å²) in [5.74, 6) is 1.02. The van der Waals surface area contributed by atoms with Crippen LogP contribution < -0.4 is 5.32 Å². The first-order chi connectivity index (χ1) is 5.72. The molecule has 0 aliphatic rings. The largest absolute Gasteiger partial charge is 0.344 e. The fourth-order valence-electron chi connectivity index (χ4n) is 1.07. The number of hydrogen-bond acceptors (Lipinski definition) is 3. The first-order valence-electron chi connectivity index (χ1n) is 4.04. The van der Waals surface area contributed by atoms with E-state index in [1.165, 1.54) is 0 Å². The summed E-state index contributed by atoms with van der Waals surface area (Å²) in [5.41, 5.74) is 1.13. The summed E-state index contributed by atoms with van der Waals surface area (Å²) >= 11 is 0. The van der Waals surface area contributed by atoms with Gasteiger partial charge in [0.1, 0.15) is 5.82 Å². The Morgan fingerprint density at radius 2 is 2.33 bits per heavy atom. The summed E-state index contributed by atoms with van der Waals surface area (Å²) < 4.78 is 0. The van der Waals surface area contributed by atoms with E-state index < -0.39 is 0 Å². The Morgan fingerprint density at radius 3 is 2.92 bits per heavy atom. The van der Waals surface area contributed by atoms with Gasteiger partial charge >= 0.3 is 0 Å². The highest BCUT2D eigenvalue weighted by Crippen LogP contribution is 1.98. The van der Waals surface area contributed by atoms with Gasteiger partial charge in [0.25, 0.3) is 0 Å². The lowest BCUT2D eigenvalue weighted by Gasteiger charge is -2.05. The van der Waals surface area contributed by atoms with Crippen LogP contribution in [0.3, 0.4) is 0 Å². The molecule has 0 amide bonds. The highest BCUT2D eigenvalue weighted by Gasteiger charge is 1.99. The van der Waals surface area contributed by atoms with E-state index in [0.717, 1.165) is 24.6 Å². The van der Waals surface area contributed by atoms with E-state index in [4.69, 9.17) is 0 Å². The van der Waals surface area contributed by atoms with Gasteiger partial charge in [0.15, 0.2) is 0 Å². The molecule has 0 aromatic carbocycles. The van der Waals surface area contributed by atoms with Crippen molar-refractivity contribution in [3.05, 3.63) is 17.7 Å². The van der Waals surface area contributed by atoms with Crippen molar-refractivity contribution in [2.24, 2.45) is 0 Å². The van der Waals surface area contributed by atoms with E-state index >= 15 is 0 Å². The summed E-state index contributed by atoms with van der Waals surface area (Å²) in [6.45, 7) is 1.71. The predicted molar refractivity (Wildman–Crippen MR) is 48.7 cm³/mol. The zero-order valence-electron chi connectivity index (χ0n) is 7.89. The number of hydrogen-bond donors (Lipinski definition) is 2. The number of nitrogens with zero attached hydrogens (tertiary/aromatic N) is 2. The number of rotatable bonds is 4. The summed E-state index contributed by atoms with van der Waals surface area (Å²) in [7, 11) is 5.98. The maximum Gasteiger partial charge on any atom is 0.120 e. The molecule has 0 bridgehead atoms. The quantitative estimate of drug-likeness (QED) is 0.674. The highest BCUT2D eigenvalue weighted by atomic mass is 15.1. The second kappa shape index (κ2) is 4.23. The van der Waals surface area contributed by atoms with E-state index in [9.17, 15) is 0 Å². The molecule has 0 unspecified atom stereocenters. The smallest absolute Gasteiger partial charge is 0.120 e. The van der Waals surface area contributed by atoms with Crippen LogP contribution in [0.2, 0.25) is 0 Å². The Morgan fingerprint density at radius 1 is 1.58 bits per heavy atom. The minimum atomic E-state index is 0.848. The monoisotopic (exact) mass is 168 g/mol. The molecule has 1 aromatic rings. The normalized spacial score (nSPS) is 11.0. The Balaban J connectivity index is 2.52. The molecule has 1 rings (SSSR count). The van der Waals surface area contributed by atoms with Crippen LogP contribution in [0, 0.1) is 0 Å². The molecule has 0 spiro atoms. The van der Waals surface area contributed by atoms with Crippen molar-refractivity contribution in [3.63, 3.8) is 0 Å². The van der Waals surface area contributed by atoms with Crippen molar-refractivity contribution in [3.8, 4) is 0 Å². The molecule has 0 saturated carbocycles. The summed E-state index contributed by atoms with van der Waals surface area (Å²) in [4.78, 5) is 9.55. The fraction of sp³-hybridized carbons (Fsp3) is 0.625. The van der Waals surface area contributed by atoms with E-state index in [0.29, 0.717) is 0 Å². The molecule has 1 heterocycles. The lowest BCUT2D eigenvalue weighted by molar-refractivity contribution is 0.391. The van der Waals surface area contributed by atoms with E-state index in [-0.39, 0.29) is 0 Å². The molecule has 2 N–H and O–H groups in total. The topological polar surface area (TPSA) is 44.0 Å². The van der Waals surface area contributed by atoms with Crippen LogP contribution in [0.15, 0.2) is 6.20 Å². The number of aromatic nitrogens is 2. The zero-order valence-corrected chi connectivity index (χ0v) is 7.89. The van der Waals surface area contributed by atoms with Crippen LogP contribution in [0.1, 0.15) is 11.5 Å². The standard InChI is InChI=1S/C8H16N4/c1-9-4-7-5-10-8(11-7)6-12(2)3/h5,9H,4,6H2,1-3H3,(H,10,11). The third-order valence-corrected chi connectivity index (χ3v) is 1.51. The molecule has 1 aromatic heterocycles. The Kier molecular flexibility index (Phi) is 3.25. The molecule has 0 aliphatic carbocycles. The van der Waals surface area contributed by atoms with Gasteiger partial charge in [-0.2, -0.15) is 0 Å². The van der Waals surface area contributed by atoms with Gasteiger partial charge in [-0.15, -0.1) is 0 Å². The lowest BCUT2D eigenvalue weighted by atomic mass is 10.5. The molecular formula is C8H16N4. The van der Waals surface area contributed by atoms with Crippen molar-refractivity contribution in [1.82, 2.24) is 20.2 Å². The Labute approximate surface area is 73.0 Å². The van der Waals surface area contributed by atoms with Crippen LogP contribution in [0.5, 0.6) is 0 Å². The molecule has 68 valence electrons. The first kappa shape index (κ1) is 9.22. The van der Waals surface area contributed by atoms with Gasteiger partial charge in [-0.05, 0) is 21.1 Å². The van der Waals surface area contributed by atoms with Gasteiger partial charge < -0.3 is 15.2 Å². The van der Waals surface area contributed by atoms with Crippen LogP contribution >= 0.6 is 0 Å². The minimum absolute atomic E-state index is 0.848. The van der Waals surface area contributed by atoms with Crippen molar-refractivity contribution in [2.45, 2.75) is 13.1 Å². The van der Waals surface area contributed by atoms with Crippen LogP contribution in [0.25, 0.3) is 0 Å². The number of nitrogens with one attached hydrogen (secondary N) is 2. The Bertz CT molecular complexity index is 229. The van der Waals surface area contributed by atoms with Crippen molar-refractivity contribution < 1.29 is 0 Å². The minimum Gasteiger partial charge on any atom is -0.344 e. The molecular weight excluding hydrogens is 152 g/mol. The van der Waals surface area contributed by atoms with E-state index in [1.807, 2.05) is 27.3 Å². The molecule has 0 fully saturated rings. The molecule has 0 saturated heterocycles. The molecule has 0 radical (unpaired) electrons. The molecule has 4 nitrogen and oxygen atoms in total. The van der Waals surface area contributed by atoms with Gasteiger partial charge in [-0.25, -0.2) is 4.98 Å². The molecule has 0 aliphatic heterocycles. The van der Waals surface area contributed by atoms with Crippen LogP contribution in [-0.4, -0.2) is 36.0 Å². The van der Waals surface area contributed by atoms with Gasteiger partial charge in [0.05, 0.1) is 6.54 Å². The van der Waals surface area contributed by atoms with Gasteiger partial charge in [0, 0.05) is 18.4 Å². The van der Waals surface area contributed by atoms with Crippen LogP contribution in [-0.2, 0) is 13.1 Å². The third kappa shape index (κ3) is 2.64. The number of imidazole rings is 1. The summed E-state index contributed by atoms with van der Waals surface area (Å²) in [6.07, 6.45) is 1.87. The average molecular weight is 168 g/mol. The van der Waals surface area contributed by atoms with E-state index in [2.05, 4.69) is 20.2 Å². The summed E-state index contributed by atoms with van der Waals surface area (Å²) in [5, 5.41) is 3.07. The second-order valence-electron chi connectivity index (χ2n) is 3.12. The molecule has 4 heteroatoms. The van der Waals surface area contributed by atoms with Crippen molar-refractivity contribution in [1.29, 1.82) is 0 Å². The van der Waals surface area contributed by atoms with Crippen molar-refractivity contribution in [2.75, 3.05) is 21.1 Å². The van der Waals surface area contributed by atoms with Crippen molar-refractivity contribution >= 4 is 0 Å². The fourth-order valence-corrected chi connectivity index (χ4v) is 1.07. The third-order valence-electron chi connectivity index (χ3n) is 1.51. The maximum atomic E-state index is 4.24. The van der Waals surface area contributed by atoms with Crippen LogP contribution in [0.4, 0.5) is 0 Å². The predicted octanol–water partition coefficient (Wildman–Crippen LogP) is 0.191. The second-order valence-corrected chi connectivity index (χ2v) is 3.12. The zero-order chi connectivity index (χ0) is 8.97. The SMILES string of the molecule is CNCc1cnc(CN(C)C)[nH]1.